The molecule has 1 heterocycles. The van der Waals surface area contributed by atoms with Gasteiger partial charge in [0, 0.05) is 26.8 Å². The van der Waals surface area contributed by atoms with Gasteiger partial charge in [0.25, 0.3) is 5.91 Å². The normalized spacial score (nSPS) is 21.6. The Kier molecular flexibility index (Phi) is 3.76. The molecule has 1 aromatic rings. The third-order valence-corrected chi connectivity index (χ3v) is 3.74. The lowest BCUT2D eigenvalue weighted by Gasteiger charge is -2.17. The van der Waals surface area contributed by atoms with E-state index in [1.807, 2.05) is 7.05 Å². The topological polar surface area (TPSA) is 45.2 Å². The molecule has 1 saturated carbocycles. The van der Waals surface area contributed by atoms with Crippen molar-refractivity contribution < 1.29 is 4.79 Å². The number of nitrogens with zero attached hydrogens (tertiary/aromatic N) is 2. The summed E-state index contributed by atoms with van der Waals surface area (Å²) in [6.45, 7) is 3.02. The molecular formula is C13H18ClN3O. The standard InChI is InChI=1S/C13H18ClN3O/c1-8-4-10(8)7-17(3)13(18)9-5-11(14)12(15-2)16-6-9/h5-6,8,10H,4,7H2,1-3H3,(H,15,16). The van der Waals surface area contributed by atoms with E-state index in [-0.39, 0.29) is 5.91 Å². The van der Waals surface area contributed by atoms with E-state index < -0.39 is 0 Å². The molecule has 0 aliphatic heterocycles. The van der Waals surface area contributed by atoms with Crippen LogP contribution in [0.4, 0.5) is 5.82 Å². The Morgan fingerprint density at radius 3 is 2.83 bits per heavy atom. The number of halogens is 1. The molecule has 1 aromatic heterocycles. The monoisotopic (exact) mass is 267 g/mol. The molecule has 2 atom stereocenters. The molecule has 1 amide bonds. The molecule has 1 N–H and O–H groups in total. The highest BCUT2D eigenvalue weighted by Crippen LogP contribution is 2.38. The maximum Gasteiger partial charge on any atom is 0.255 e. The molecule has 1 aliphatic rings. The van der Waals surface area contributed by atoms with Crippen LogP contribution in [0.15, 0.2) is 12.3 Å². The van der Waals surface area contributed by atoms with E-state index in [1.165, 1.54) is 6.42 Å². The van der Waals surface area contributed by atoms with E-state index in [0.717, 1.165) is 12.5 Å². The SMILES string of the molecule is CNc1ncc(C(=O)N(C)CC2CC2C)cc1Cl. The number of carbonyl (C=O) groups excluding carboxylic acids is 1. The molecule has 0 saturated heterocycles. The first-order valence-electron chi connectivity index (χ1n) is 6.11. The van der Waals surface area contributed by atoms with Crippen molar-refractivity contribution in [2.75, 3.05) is 26.0 Å². The fourth-order valence-corrected chi connectivity index (χ4v) is 2.31. The predicted molar refractivity (Wildman–Crippen MR) is 73.0 cm³/mol. The number of pyridine rings is 1. The van der Waals surface area contributed by atoms with E-state index in [1.54, 1.807) is 24.2 Å². The molecule has 98 valence electrons. The molecule has 1 fully saturated rings. The maximum atomic E-state index is 12.2. The quantitative estimate of drug-likeness (QED) is 0.912. The zero-order chi connectivity index (χ0) is 13.3. The Balaban J connectivity index is 2.05. The predicted octanol–water partition coefficient (Wildman–Crippen LogP) is 2.50. The summed E-state index contributed by atoms with van der Waals surface area (Å²) in [7, 11) is 3.57. The second kappa shape index (κ2) is 5.14. The third kappa shape index (κ3) is 2.75. The molecule has 0 radical (unpaired) electrons. The average molecular weight is 268 g/mol. The van der Waals surface area contributed by atoms with Crippen molar-refractivity contribution >= 4 is 23.3 Å². The van der Waals surface area contributed by atoms with Crippen LogP contribution in [0.1, 0.15) is 23.7 Å². The molecule has 0 spiro atoms. The summed E-state index contributed by atoms with van der Waals surface area (Å²) in [6, 6.07) is 1.66. The Bertz CT molecular complexity index is 464. The number of rotatable bonds is 4. The minimum absolute atomic E-state index is 0.0221. The van der Waals surface area contributed by atoms with Gasteiger partial charge >= 0.3 is 0 Å². The molecule has 5 heteroatoms. The van der Waals surface area contributed by atoms with Crippen LogP contribution >= 0.6 is 11.6 Å². The Hall–Kier alpha value is -1.29. The smallest absolute Gasteiger partial charge is 0.255 e. The van der Waals surface area contributed by atoms with Gasteiger partial charge in [-0.3, -0.25) is 4.79 Å². The number of nitrogens with one attached hydrogen (secondary N) is 1. The van der Waals surface area contributed by atoms with Gasteiger partial charge in [-0.05, 0) is 24.3 Å². The highest BCUT2D eigenvalue weighted by atomic mass is 35.5. The minimum Gasteiger partial charge on any atom is -0.372 e. The largest absolute Gasteiger partial charge is 0.372 e. The van der Waals surface area contributed by atoms with Crippen molar-refractivity contribution in [2.45, 2.75) is 13.3 Å². The van der Waals surface area contributed by atoms with Gasteiger partial charge in [0.1, 0.15) is 5.82 Å². The Morgan fingerprint density at radius 2 is 2.33 bits per heavy atom. The first-order valence-corrected chi connectivity index (χ1v) is 6.49. The fraction of sp³-hybridized carbons (Fsp3) is 0.538. The molecule has 18 heavy (non-hydrogen) atoms. The lowest BCUT2D eigenvalue weighted by Crippen LogP contribution is -2.29. The summed E-state index contributed by atoms with van der Waals surface area (Å²) in [5.41, 5.74) is 0.537. The third-order valence-electron chi connectivity index (χ3n) is 3.46. The number of aromatic nitrogens is 1. The van der Waals surface area contributed by atoms with Crippen LogP contribution < -0.4 is 5.32 Å². The van der Waals surface area contributed by atoms with Crippen LogP contribution in [0, 0.1) is 11.8 Å². The van der Waals surface area contributed by atoms with Gasteiger partial charge in [0.15, 0.2) is 0 Å². The molecule has 2 unspecified atom stereocenters. The number of hydrogen-bond acceptors (Lipinski definition) is 3. The van der Waals surface area contributed by atoms with Crippen LogP contribution in [0.3, 0.4) is 0 Å². The highest BCUT2D eigenvalue weighted by molar-refractivity contribution is 6.33. The molecule has 0 aromatic carbocycles. The molecule has 1 aliphatic carbocycles. The van der Waals surface area contributed by atoms with Gasteiger partial charge in [-0.1, -0.05) is 18.5 Å². The van der Waals surface area contributed by atoms with E-state index in [4.69, 9.17) is 11.6 Å². The van der Waals surface area contributed by atoms with Gasteiger partial charge in [-0.15, -0.1) is 0 Å². The van der Waals surface area contributed by atoms with Gasteiger partial charge < -0.3 is 10.2 Å². The summed E-state index contributed by atoms with van der Waals surface area (Å²) in [5, 5.41) is 3.34. The van der Waals surface area contributed by atoms with Crippen molar-refractivity contribution in [2.24, 2.45) is 11.8 Å². The number of anilines is 1. The first kappa shape index (κ1) is 13.1. The molecule has 0 bridgehead atoms. The molecule has 2 rings (SSSR count). The van der Waals surface area contributed by atoms with E-state index >= 15 is 0 Å². The van der Waals surface area contributed by atoms with Gasteiger partial charge in [0.05, 0.1) is 10.6 Å². The van der Waals surface area contributed by atoms with Crippen LogP contribution in [0.2, 0.25) is 5.02 Å². The lowest BCUT2D eigenvalue weighted by molar-refractivity contribution is 0.0786. The van der Waals surface area contributed by atoms with Crippen molar-refractivity contribution in [1.29, 1.82) is 0 Å². The summed E-state index contributed by atoms with van der Waals surface area (Å²) in [6.07, 6.45) is 2.78. The van der Waals surface area contributed by atoms with Crippen LogP contribution in [0.25, 0.3) is 0 Å². The molecular weight excluding hydrogens is 250 g/mol. The summed E-state index contributed by atoms with van der Waals surface area (Å²) in [4.78, 5) is 18.0. The fourth-order valence-electron chi connectivity index (χ4n) is 2.05. The van der Waals surface area contributed by atoms with E-state index in [2.05, 4.69) is 17.2 Å². The number of hydrogen-bond donors (Lipinski definition) is 1. The summed E-state index contributed by atoms with van der Waals surface area (Å²) >= 11 is 6.02. The average Bonchev–Trinajstić information content (AvgIpc) is 3.03. The van der Waals surface area contributed by atoms with Gasteiger partial charge in [-0.2, -0.15) is 0 Å². The van der Waals surface area contributed by atoms with E-state index in [0.29, 0.717) is 22.3 Å². The highest BCUT2D eigenvalue weighted by Gasteiger charge is 2.34. The van der Waals surface area contributed by atoms with Crippen molar-refractivity contribution in [1.82, 2.24) is 9.88 Å². The summed E-state index contributed by atoms with van der Waals surface area (Å²) in [5.74, 6) is 1.96. The van der Waals surface area contributed by atoms with Gasteiger partial charge in [-0.25, -0.2) is 4.98 Å². The van der Waals surface area contributed by atoms with E-state index in [9.17, 15) is 4.79 Å². The second-order valence-electron chi connectivity index (χ2n) is 4.96. The zero-order valence-corrected chi connectivity index (χ0v) is 11.7. The van der Waals surface area contributed by atoms with Crippen LogP contribution in [0.5, 0.6) is 0 Å². The van der Waals surface area contributed by atoms with Crippen molar-refractivity contribution in [3.05, 3.63) is 22.8 Å². The Morgan fingerprint density at radius 1 is 1.67 bits per heavy atom. The number of amides is 1. The van der Waals surface area contributed by atoms with Crippen molar-refractivity contribution in [3.8, 4) is 0 Å². The minimum atomic E-state index is -0.0221. The zero-order valence-electron chi connectivity index (χ0n) is 10.9. The molecule has 4 nitrogen and oxygen atoms in total. The van der Waals surface area contributed by atoms with Gasteiger partial charge in [0.2, 0.25) is 0 Å². The van der Waals surface area contributed by atoms with Crippen LogP contribution in [-0.2, 0) is 0 Å². The first-order chi connectivity index (χ1) is 8.52. The maximum absolute atomic E-state index is 12.2. The van der Waals surface area contributed by atoms with Crippen molar-refractivity contribution in [3.63, 3.8) is 0 Å². The Labute approximate surface area is 112 Å². The second-order valence-corrected chi connectivity index (χ2v) is 5.37. The van der Waals surface area contributed by atoms with Crippen LogP contribution in [-0.4, -0.2) is 36.4 Å². The number of carbonyl (C=O) groups is 1. The lowest BCUT2D eigenvalue weighted by atomic mass is 10.2. The summed E-state index contributed by atoms with van der Waals surface area (Å²) < 4.78 is 0.